The molecule has 1 fully saturated rings. The minimum absolute atomic E-state index is 0.0447. The van der Waals surface area contributed by atoms with Gasteiger partial charge in [0.05, 0.1) is 11.6 Å². The van der Waals surface area contributed by atoms with Gasteiger partial charge in [-0.1, -0.05) is 19.6 Å². The second-order valence-corrected chi connectivity index (χ2v) is 10.1. The zero-order valence-corrected chi connectivity index (χ0v) is 11.6. The van der Waals surface area contributed by atoms with Crippen molar-refractivity contribution in [2.45, 2.75) is 19.6 Å². The molecule has 0 aromatic carbocycles. The molecule has 1 aliphatic rings. The van der Waals surface area contributed by atoms with Crippen LogP contribution in [0.1, 0.15) is 5.76 Å². The lowest BCUT2D eigenvalue weighted by molar-refractivity contribution is -0.118. The van der Waals surface area contributed by atoms with Gasteiger partial charge in [-0.25, -0.2) is 9.80 Å². The summed E-state index contributed by atoms with van der Waals surface area (Å²) in [6, 6.07) is 3.24. The maximum Gasteiger partial charge on any atom is 0.344 e. The summed E-state index contributed by atoms with van der Waals surface area (Å²) >= 11 is 0. The van der Waals surface area contributed by atoms with Crippen molar-refractivity contribution in [2.24, 2.45) is 5.10 Å². The van der Waals surface area contributed by atoms with Crippen LogP contribution in [-0.4, -0.2) is 37.8 Å². The van der Waals surface area contributed by atoms with E-state index in [1.807, 2.05) is 12.1 Å². The Balaban J connectivity index is 2.08. The third-order valence-corrected chi connectivity index (χ3v) is 4.21. The van der Waals surface area contributed by atoms with Crippen molar-refractivity contribution in [3.05, 3.63) is 17.9 Å². The Morgan fingerprint density at radius 2 is 2.11 bits per heavy atom. The number of rotatable bonds is 3. The topological polar surface area (TPSA) is 74.9 Å². The number of urea groups is 1. The van der Waals surface area contributed by atoms with E-state index in [1.54, 1.807) is 0 Å². The first-order chi connectivity index (χ1) is 8.36. The first-order valence-electron chi connectivity index (χ1n) is 5.62. The summed E-state index contributed by atoms with van der Waals surface area (Å²) in [5.74, 6) is 0.235. The molecule has 18 heavy (non-hydrogen) atoms. The van der Waals surface area contributed by atoms with Gasteiger partial charge in [-0.2, -0.15) is 5.10 Å². The Bertz CT molecular complexity index is 516. The molecule has 1 saturated heterocycles. The van der Waals surface area contributed by atoms with Crippen LogP contribution in [0.15, 0.2) is 21.7 Å². The van der Waals surface area contributed by atoms with Gasteiger partial charge in [0.2, 0.25) is 5.91 Å². The zero-order chi connectivity index (χ0) is 13.3. The highest BCUT2D eigenvalue weighted by molar-refractivity contribution is 6.87. The van der Waals surface area contributed by atoms with E-state index < -0.39 is 14.1 Å². The number of hydrazone groups is 1. The molecule has 7 heteroatoms. The van der Waals surface area contributed by atoms with Crippen LogP contribution in [0, 0.1) is 0 Å². The van der Waals surface area contributed by atoms with Gasteiger partial charge in [0.1, 0.15) is 20.4 Å². The number of carbonyl (C=O) groups is 2. The molecular formula is C11H15N3O3Si. The molecule has 0 bridgehead atoms. The molecule has 2 heterocycles. The molecule has 1 aliphatic heterocycles. The molecule has 0 atom stereocenters. The molecular weight excluding hydrogens is 250 g/mol. The van der Waals surface area contributed by atoms with E-state index in [9.17, 15) is 9.59 Å². The molecule has 96 valence electrons. The number of amides is 3. The van der Waals surface area contributed by atoms with Crippen LogP contribution in [0.4, 0.5) is 4.79 Å². The van der Waals surface area contributed by atoms with Crippen LogP contribution in [0.5, 0.6) is 0 Å². The van der Waals surface area contributed by atoms with Crippen LogP contribution in [-0.2, 0) is 4.79 Å². The summed E-state index contributed by atoms with van der Waals surface area (Å²) in [5.41, 5.74) is 0. The van der Waals surface area contributed by atoms with Crippen molar-refractivity contribution in [2.75, 3.05) is 6.54 Å². The first-order valence-corrected chi connectivity index (χ1v) is 9.12. The normalized spacial score (nSPS) is 16.7. The minimum Gasteiger partial charge on any atom is -0.465 e. The van der Waals surface area contributed by atoms with E-state index in [2.05, 4.69) is 30.1 Å². The van der Waals surface area contributed by atoms with Crippen LogP contribution < -0.4 is 10.7 Å². The van der Waals surface area contributed by atoms with E-state index in [-0.39, 0.29) is 12.5 Å². The lowest BCUT2D eigenvalue weighted by Gasteiger charge is -2.10. The smallest absolute Gasteiger partial charge is 0.344 e. The average Bonchev–Trinajstić information content (AvgIpc) is 2.81. The van der Waals surface area contributed by atoms with Crippen LogP contribution >= 0.6 is 0 Å². The quantitative estimate of drug-likeness (QED) is 0.497. The Labute approximate surface area is 106 Å². The van der Waals surface area contributed by atoms with Crippen molar-refractivity contribution in [1.29, 1.82) is 0 Å². The van der Waals surface area contributed by atoms with E-state index in [4.69, 9.17) is 4.42 Å². The number of imide groups is 1. The van der Waals surface area contributed by atoms with Crippen LogP contribution in [0.25, 0.3) is 0 Å². The molecule has 1 aromatic rings. The van der Waals surface area contributed by atoms with Gasteiger partial charge < -0.3 is 4.42 Å². The van der Waals surface area contributed by atoms with Gasteiger partial charge in [-0.05, 0) is 12.1 Å². The Morgan fingerprint density at radius 3 is 2.61 bits per heavy atom. The van der Waals surface area contributed by atoms with Crippen molar-refractivity contribution in [3.63, 3.8) is 0 Å². The molecule has 0 unspecified atom stereocenters. The highest BCUT2D eigenvalue weighted by Gasteiger charge is 2.26. The second-order valence-electron chi connectivity index (χ2n) is 5.11. The summed E-state index contributed by atoms with van der Waals surface area (Å²) in [7, 11) is -1.47. The van der Waals surface area contributed by atoms with Crippen LogP contribution in [0.2, 0.25) is 19.6 Å². The number of nitrogens with one attached hydrogen (secondary N) is 1. The molecule has 0 spiro atoms. The molecule has 0 saturated carbocycles. The Hall–Kier alpha value is -1.89. The summed E-state index contributed by atoms with van der Waals surface area (Å²) in [4.78, 5) is 22.2. The Morgan fingerprint density at radius 1 is 1.39 bits per heavy atom. The maximum atomic E-state index is 11.2. The fraction of sp³-hybridized carbons (Fsp3) is 0.364. The van der Waals surface area contributed by atoms with Gasteiger partial charge in [0.15, 0.2) is 0 Å². The number of hydrogen-bond acceptors (Lipinski definition) is 4. The summed E-state index contributed by atoms with van der Waals surface area (Å²) in [5, 5.41) is 8.11. The minimum atomic E-state index is -1.47. The third kappa shape index (κ3) is 2.67. The highest BCUT2D eigenvalue weighted by atomic mass is 28.3. The average molecular weight is 265 g/mol. The summed E-state index contributed by atoms with van der Waals surface area (Å²) in [6.45, 7) is 6.49. The number of carbonyl (C=O) groups excluding carboxylic acids is 2. The van der Waals surface area contributed by atoms with E-state index in [0.29, 0.717) is 5.76 Å². The third-order valence-electron chi connectivity index (χ3n) is 2.46. The second kappa shape index (κ2) is 4.41. The number of nitrogens with zero attached hydrogens (tertiary/aromatic N) is 2. The van der Waals surface area contributed by atoms with Gasteiger partial charge in [0, 0.05) is 0 Å². The van der Waals surface area contributed by atoms with Gasteiger partial charge in [-0.3, -0.25) is 10.1 Å². The predicted octanol–water partition coefficient (Wildman–Crippen LogP) is 0.710. The molecule has 1 N–H and O–H groups in total. The van der Waals surface area contributed by atoms with E-state index in [1.165, 1.54) is 6.21 Å². The molecule has 2 rings (SSSR count). The lowest BCUT2D eigenvalue weighted by atomic mass is 10.5. The largest absolute Gasteiger partial charge is 0.465 e. The maximum absolute atomic E-state index is 11.2. The Kier molecular flexibility index (Phi) is 3.08. The monoisotopic (exact) mass is 265 g/mol. The molecule has 0 aliphatic carbocycles. The van der Waals surface area contributed by atoms with Crippen molar-refractivity contribution in [1.82, 2.24) is 10.3 Å². The number of hydrogen-bond donors (Lipinski definition) is 1. The predicted molar refractivity (Wildman–Crippen MR) is 69.5 cm³/mol. The molecule has 0 radical (unpaired) electrons. The number of furan rings is 1. The van der Waals surface area contributed by atoms with Crippen molar-refractivity contribution >= 4 is 31.6 Å². The lowest BCUT2D eigenvalue weighted by Crippen LogP contribution is -2.36. The van der Waals surface area contributed by atoms with Crippen molar-refractivity contribution < 1.29 is 14.0 Å². The first kappa shape index (κ1) is 12.6. The van der Waals surface area contributed by atoms with E-state index in [0.717, 1.165) is 10.4 Å². The molecule has 6 nitrogen and oxygen atoms in total. The zero-order valence-electron chi connectivity index (χ0n) is 10.6. The molecule has 1 aromatic heterocycles. The highest BCUT2D eigenvalue weighted by Crippen LogP contribution is 2.06. The van der Waals surface area contributed by atoms with Gasteiger partial charge >= 0.3 is 6.03 Å². The van der Waals surface area contributed by atoms with Crippen molar-refractivity contribution in [3.8, 4) is 0 Å². The fourth-order valence-corrected chi connectivity index (χ4v) is 2.48. The summed E-state index contributed by atoms with van der Waals surface area (Å²) in [6.07, 6.45) is 1.45. The van der Waals surface area contributed by atoms with E-state index >= 15 is 0 Å². The van der Waals surface area contributed by atoms with Gasteiger partial charge in [0.25, 0.3) is 0 Å². The SMILES string of the molecule is C[Si](C)(C)c1ccc(/C=N/N2CC(=O)NC2=O)o1. The van der Waals surface area contributed by atoms with Gasteiger partial charge in [-0.15, -0.1) is 0 Å². The fourth-order valence-electron chi connectivity index (χ4n) is 1.48. The standard InChI is InChI=1S/C11H15N3O3Si/c1-18(2,3)10-5-4-8(17-10)6-12-14-7-9(15)13-11(14)16/h4-6H,7H2,1-3H3,(H,13,15,16)/b12-6+. The van der Waals surface area contributed by atoms with Crippen LogP contribution in [0.3, 0.4) is 0 Å². The summed E-state index contributed by atoms with van der Waals surface area (Å²) < 4.78 is 5.64. The molecule has 3 amide bonds.